The molecular weight excluding hydrogens is 308 g/mol. The number of benzene rings is 1. The first kappa shape index (κ1) is 17.1. The second kappa shape index (κ2) is 8.41. The number of anilines is 1. The van der Waals surface area contributed by atoms with Gasteiger partial charge in [-0.25, -0.2) is 0 Å². The quantitative estimate of drug-likeness (QED) is 0.579. The summed E-state index contributed by atoms with van der Waals surface area (Å²) in [6.07, 6.45) is 1.17. The van der Waals surface area contributed by atoms with Gasteiger partial charge in [-0.3, -0.25) is 19.9 Å². The maximum absolute atomic E-state index is 11.2. The molecule has 24 heavy (non-hydrogen) atoms. The van der Waals surface area contributed by atoms with Crippen molar-refractivity contribution >= 4 is 11.4 Å². The van der Waals surface area contributed by atoms with Crippen LogP contribution in [0.5, 0.6) is 0 Å². The number of morpholine rings is 1. The molecule has 132 valence electrons. The number of nitro groups is 1. The third kappa shape index (κ3) is 4.43. The number of hydrogen-bond acceptors (Lipinski definition) is 6. The molecule has 0 aromatic heterocycles. The number of nitro benzene ring substituents is 1. The normalized spacial score (nSPS) is 20.2. The molecule has 7 nitrogen and oxygen atoms in total. The van der Waals surface area contributed by atoms with Gasteiger partial charge in [0.1, 0.15) is 5.69 Å². The summed E-state index contributed by atoms with van der Waals surface area (Å²) in [5, 5.41) is 11.2. The molecule has 1 aromatic rings. The lowest BCUT2D eigenvalue weighted by Gasteiger charge is -2.36. The monoisotopic (exact) mass is 334 g/mol. The Labute approximate surface area is 142 Å². The van der Waals surface area contributed by atoms with E-state index < -0.39 is 0 Å². The van der Waals surface area contributed by atoms with Crippen LogP contribution in [0.2, 0.25) is 0 Å². The lowest BCUT2D eigenvalue weighted by Crippen LogP contribution is -2.47. The van der Waals surface area contributed by atoms with Crippen molar-refractivity contribution in [3.8, 4) is 0 Å². The van der Waals surface area contributed by atoms with Gasteiger partial charge in [0.2, 0.25) is 0 Å². The largest absolute Gasteiger partial charge is 0.379 e. The van der Waals surface area contributed by atoms with Gasteiger partial charge in [-0.05, 0) is 25.6 Å². The Morgan fingerprint density at radius 3 is 2.25 bits per heavy atom. The van der Waals surface area contributed by atoms with E-state index in [1.165, 1.54) is 6.42 Å². The number of rotatable bonds is 6. The van der Waals surface area contributed by atoms with E-state index in [0.717, 1.165) is 71.3 Å². The van der Waals surface area contributed by atoms with E-state index >= 15 is 0 Å². The zero-order valence-electron chi connectivity index (χ0n) is 14.1. The molecule has 0 N–H and O–H groups in total. The van der Waals surface area contributed by atoms with Crippen LogP contribution in [0.15, 0.2) is 24.3 Å². The van der Waals surface area contributed by atoms with Gasteiger partial charge in [-0.15, -0.1) is 0 Å². The standard InChI is InChI=1S/C17H26N4O3/c22-21(23)17-5-2-1-4-16(17)20-10-8-18(9-11-20)6-3-7-19-12-14-24-15-13-19/h1-2,4-5H,3,6-15H2. The molecule has 0 unspecified atom stereocenters. The summed E-state index contributed by atoms with van der Waals surface area (Å²) in [4.78, 5) is 18.0. The lowest BCUT2D eigenvalue weighted by molar-refractivity contribution is -0.384. The van der Waals surface area contributed by atoms with Crippen LogP contribution in [-0.4, -0.2) is 80.3 Å². The van der Waals surface area contributed by atoms with Crippen molar-refractivity contribution in [2.24, 2.45) is 0 Å². The van der Waals surface area contributed by atoms with Gasteiger partial charge in [0.15, 0.2) is 0 Å². The highest BCUT2D eigenvalue weighted by molar-refractivity contribution is 5.63. The minimum Gasteiger partial charge on any atom is -0.379 e. The molecule has 7 heteroatoms. The molecule has 2 heterocycles. The molecule has 1 aromatic carbocycles. The molecular formula is C17H26N4O3. The third-order valence-corrected chi connectivity index (χ3v) is 4.84. The van der Waals surface area contributed by atoms with E-state index in [1.807, 2.05) is 12.1 Å². The number of para-hydroxylation sites is 2. The molecule has 0 amide bonds. The van der Waals surface area contributed by atoms with Crippen molar-refractivity contribution in [2.75, 3.05) is 70.5 Å². The summed E-state index contributed by atoms with van der Waals surface area (Å²) < 4.78 is 5.37. The maximum atomic E-state index is 11.2. The van der Waals surface area contributed by atoms with Crippen LogP contribution in [0.1, 0.15) is 6.42 Å². The van der Waals surface area contributed by atoms with E-state index in [4.69, 9.17) is 4.74 Å². The zero-order chi connectivity index (χ0) is 16.8. The molecule has 0 atom stereocenters. The van der Waals surface area contributed by atoms with Crippen LogP contribution >= 0.6 is 0 Å². The number of ether oxygens (including phenoxy) is 1. The predicted molar refractivity (Wildman–Crippen MR) is 93.6 cm³/mol. The van der Waals surface area contributed by atoms with E-state index in [1.54, 1.807) is 12.1 Å². The summed E-state index contributed by atoms with van der Waals surface area (Å²) in [6.45, 7) is 9.67. The summed E-state index contributed by atoms with van der Waals surface area (Å²) >= 11 is 0. The molecule has 2 fully saturated rings. The first-order chi connectivity index (χ1) is 11.7. The van der Waals surface area contributed by atoms with Crippen molar-refractivity contribution in [2.45, 2.75) is 6.42 Å². The highest BCUT2D eigenvalue weighted by atomic mass is 16.6. The Morgan fingerprint density at radius 2 is 1.58 bits per heavy atom. The van der Waals surface area contributed by atoms with Gasteiger partial charge in [0.25, 0.3) is 5.69 Å². The molecule has 3 rings (SSSR count). The average Bonchev–Trinajstić information content (AvgIpc) is 2.63. The molecule has 0 aliphatic carbocycles. The van der Waals surface area contributed by atoms with Crippen molar-refractivity contribution < 1.29 is 9.66 Å². The van der Waals surface area contributed by atoms with Crippen LogP contribution in [0.4, 0.5) is 11.4 Å². The number of nitrogens with zero attached hydrogens (tertiary/aromatic N) is 4. The van der Waals surface area contributed by atoms with Crippen LogP contribution in [0, 0.1) is 10.1 Å². The van der Waals surface area contributed by atoms with E-state index in [-0.39, 0.29) is 10.6 Å². The number of hydrogen-bond donors (Lipinski definition) is 0. The van der Waals surface area contributed by atoms with Crippen molar-refractivity contribution in [1.82, 2.24) is 9.80 Å². The van der Waals surface area contributed by atoms with Gasteiger partial charge in [0.05, 0.1) is 18.1 Å². The smallest absolute Gasteiger partial charge is 0.292 e. The van der Waals surface area contributed by atoms with Crippen LogP contribution < -0.4 is 4.90 Å². The molecule has 0 spiro atoms. The van der Waals surface area contributed by atoms with Crippen LogP contribution in [0.25, 0.3) is 0 Å². The van der Waals surface area contributed by atoms with Crippen molar-refractivity contribution in [3.05, 3.63) is 34.4 Å². The van der Waals surface area contributed by atoms with Gasteiger partial charge in [0, 0.05) is 45.3 Å². The second-order valence-corrected chi connectivity index (χ2v) is 6.38. The van der Waals surface area contributed by atoms with Gasteiger partial charge >= 0.3 is 0 Å². The SMILES string of the molecule is O=[N+]([O-])c1ccccc1N1CCN(CCCN2CCOCC2)CC1. The second-order valence-electron chi connectivity index (χ2n) is 6.38. The fraction of sp³-hybridized carbons (Fsp3) is 0.647. The van der Waals surface area contributed by atoms with Crippen molar-refractivity contribution in [3.63, 3.8) is 0 Å². The predicted octanol–water partition coefficient (Wildman–Crippen LogP) is 1.44. The summed E-state index contributed by atoms with van der Waals surface area (Å²) in [7, 11) is 0. The first-order valence-corrected chi connectivity index (χ1v) is 8.75. The maximum Gasteiger partial charge on any atom is 0.292 e. The summed E-state index contributed by atoms with van der Waals surface area (Å²) in [6, 6.07) is 7.04. The van der Waals surface area contributed by atoms with Crippen molar-refractivity contribution in [1.29, 1.82) is 0 Å². The summed E-state index contributed by atoms with van der Waals surface area (Å²) in [5.74, 6) is 0. The Hall–Kier alpha value is -1.70. The summed E-state index contributed by atoms with van der Waals surface area (Å²) in [5.41, 5.74) is 0.953. The van der Waals surface area contributed by atoms with Gasteiger partial charge in [-0.1, -0.05) is 12.1 Å². The molecule has 0 bridgehead atoms. The molecule has 2 aliphatic heterocycles. The Bertz CT molecular complexity index is 540. The zero-order valence-corrected chi connectivity index (χ0v) is 14.1. The average molecular weight is 334 g/mol. The third-order valence-electron chi connectivity index (χ3n) is 4.84. The Balaban J connectivity index is 1.43. The fourth-order valence-corrected chi connectivity index (χ4v) is 3.44. The Morgan fingerprint density at radius 1 is 0.958 bits per heavy atom. The molecule has 2 aliphatic rings. The topological polar surface area (TPSA) is 62.1 Å². The van der Waals surface area contributed by atoms with E-state index in [0.29, 0.717) is 0 Å². The lowest BCUT2D eigenvalue weighted by atomic mass is 10.2. The minimum absolute atomic E-state index is 0.207. The van der Waals surface area contributed by atoms with E-state index in [2.05, 4.69) is 14.7 Å². The fourth-order valence-electron chi connectivity index (χ4n) is 3.44. The first-order valence-electron chi connectivity index (χ1n) is 8.75. The van der Waals surface area contributed by atoms with Crippen LogP contribution in [0.3, 0.4) is 0 Å². The van der Waals surface area contributed by atoms with Gasteiger partial charge in [-0.2, -0.15) is 0 Å². The molecule has 0 radical (unpaired) electrons. The number of piperazine rings is 1. The highest BCUT2D eigenvalue weighted by Crippen LogP contribution is 2.28. The molecule has 0 saturated carbocycles. The minimum atomic E-state index is -0.288. The van der Waals surface area contributed by atoms with E-state index in [9.17, 15) is 10.1 Å². The Kier molecular flexibility index (Phi) is 6.01. The van der Waals surface area contributed by atoms with Crippen LogP contribution in [-0.2, 0) is 4.74 Å². The highest BCUT2D eigenvalue weighted by Gasteiger charge is 2.23. The molecule has 2 saturated heterocycles. The van der Waals surface area contributed by atoms with Gasteiger partial charge < -0.3 is 9.64 Å².